The second kappa shape index (κ2) is 8.13. The molecule has 1 amide bonds. The number of rotatable bonds is 6. The number of thioether (sulfide) groups is 1. The monoisotopic (exact) mass is 370 g/mol. The van der Waals surface area contributed by atoms with Crippen LogP contribution in [0.25, 0.3) is 11.8 Å². The van der Waals surface area contributed by atoms with E-state index in [0.717, 1.165) is 21.3 Å². The van der Waals surface area contributed by atoms with E-state index in [4.69, 9.17) is 0 Å². The molecular formula is C18H18N4OS2. The molecule has 0 saturated carbocycles. The third-order valence-electron chi connectivity index (χ3n) is 3.60. The molecule has 7 heteroatoms. The smallest absolute Gasteiger partial charge is 0.244 e. The van der Waals surface area contributed by atoms with Gasteiger partial charge in [0.15, 0.2) is 11.0 Å². The molecule has 3 rings (SSSR count). The summed E-state index contributed by atoms with van der Waals surface area (Å²) in [6.45, 7) is 2.36. The van der Waals surface area contributed by atoms with Crippen molar-refractivity contribution in [2.75, 3.05) is 6.26 Å². The Labute approximate surface area is 154 Å². The maximum Gasteiger partial charge on any atom is 0.244 e. The van der Waals surface area contributed by atoms with Gasteiger partial charge in [-0.2, -0.15) is 0 Å². The van der Waals surface area contributed by atoms with Crippen LogP contribution in [0.3, 0.4) is 0 Å². The molecule has 128 valence electrons. The molecule has 2 aromatic heterocycles. The minimum atomic E-state index is -0.154. The van der Waals surface area contributed by atoms with Gasteiger partial charge in [0.1, 0.15) is 0 Å². The molecule has 1 aromatic carbocycles. The van der Waals surface area contributed by atoms with Crippen LogP contribution < -0.4 is 5.32 Å². The van der Waals surface area contributed by atoms with Crippen LogP contribution in [-0.2, 0) is 11.3 Å². The third kappa shape index (κ3) is 4.18. The van der Waals surface area contributed by atoms with Gasteiger partial charge in [0.2, 0.25) is 5.91 Å². The maximum atomic E-state index is 12.0. The fraction of sp³-hybridized carbons (Fsp3) is 0.167. The molecule has 0 aliphatic rings. The van der Waals surface area contributed by atoms with Crippen molar-refractivity contribution < 1.29 is 4.79 Å². The number of aromatic nitrogens is 3. The summed E-state index contributed by atoms with van der Waals surface area (Å²) in [7, 11) is 0. The van der Waals surface area contributed by atoms with E-state index in [0.29, 0.717) is 12.4 Å². The maximum absolute atomic E-state index is 12.0. The third-order valence-corrected chi connectivity index (χ3v) is 5.07. The summed E-state index contributed by atoms with van der Waals surface area (Å²) in [5.74, 6) is 0.551. The predicted molar refractivity (Wildman–Crippen MR) is 103 cm³/mol. The van der Waals surface area contributed by atoms with E-state index in [9.17, 15) is 4.79 Å². The van der Waals surface area contributed by atoms with Crippen molar-refractivity contribution in [1.29, 1.82) is 0 Å². The zero-order valence-electron chi connectivity index (χ0n) is 14.0. The number of benzene rings is 1. The fourth-order valence-corrected chi connectivity index (χ4v) is 3.50. The summed E-state index contributed by atoms with van der Waals surface area (Å²) in [6, 6.07) is 12.0. The molecule has 1 N–H and O–H groups in total. The molecule has 0 unspecified atom stereocenters. The Hall–Kier alpha value is -2.38. The van der Waals surface area contributed by atoms with Gasteiger partial charge in [-0.1, -0.05) is 36.0 Å². The van der Waals surface area contributed by atoms with Crippen LogP contribution >= 0.6 is 23.1 Å². The molecule has 0 saturated heterocycles. The summed E-state index contributed by atoms with van der Waals surface area (Å²) >= 11 is 3.12. The second-order valence-electron chi connectivity index (χ2n) is 5.29. The van der Waals surface area contributed by atoms with E-state index in [1.807, 2.05) is 59.5 Å². The fourth-order valence-electron chi connectivity index (χ4n) is 2.37. The number of carbonyl (C=O) groups excluding carboxylic acids is 1. The van der Waals surface area contributed by atoms with Gasteiger partial charge >= 0.3 is 0 Å². The number of hydrogen-bond acceptors (Lipinski definition) is 5. The van der Waals surface area contributed by atoms with Gasteiger partial charge in [-0.15, -0.1) is 21.5 Å². The average Bonchev–Trinajstić information content (AvgIpc) is 3.28. The number of nitrogens with one attached hydrogen (secondary N) is 1. The molecule has 0 aliphatic heterocycles. The van der Waals surface area contributed by atoms with Crippen molar-refractivity contribution in [2.24, 2.45) is 0 Å². The number of hydrogen-bond donors (Lipinski definition) is 1. The Bertz CT molecular complexity index is 884. The Morgan fingerprint density at radius 3 is 2.84 bits per heavy atom. The van der Waals surface area contributed by atoms with Gasteiger partial charge in [0, 0.05) is 11.0 Å². The zero-order chi connectivity index (χ0) is 17.6. The first-order valence-electron chi connectivity index (χ1n) is 7.72. The zero-order valence-corrected chi connectivity index (χ0v) is 15.6. The van der Waals surface area contributed by atoms with Crippen LogP contribution in [0.1, 0.15) is 16.3 Å². The number of carbonyl (C=O) groups is 1. The van der Waals surface area contributed by atoms with E-state index in [2.05, 4.69) is 15.5 Å². The van der Waals surface area contributed by atoms with Crippen molar-refractivity contribution in [2.45, 2.75) is 18.6 Å². The molecule has 0 atom stereocenters. The van der Waals surface area contributed by atoms with Gasteiger partial charge < -0.3 is 5.32 Å². The molecule has 5 nitrogen and oxygen atoms in total. The van der Waals surface area contributed by atoms with Crippen LogP contribution in [0.2, 0.25) is 0 Å². The Balaban J connectivity index is 1.76. The first-order valence-corrected chi connectivity index (χ1v) is 9.83. The Morgan fingerprint density at radius 1 is 1.28 bits per heavy atom. The quantitative estimate of drug-likeness (QED) is 0.531. The normalized spacial score (nSPS) is 11.1. The SMILES string of the molecule is CSc1nnc(CNC(=O)/C=C/c2cccs2)n1-c1ccccc1C. The van der Waals surface area contributed by atoms with E-state index in [-0.39, 0.29) is 5.91 Å². The van der Waals surface area contributed by atoms with Gasteiger partial charge in [-0.05, 0) is 42.3 Å². The van der Waals surface area contributed by atoms with Crippen LogP contribution in [0.4, 0.5) is 0 Å². The summed E-state index contributed by atoms with van der Waals surface area (Å²) in [5.41, 5.74) is 2.15. The topological polar surface area (TPSA) is 59.8 Å². The lowest BCUT2D eigenvalue weighted by atomic mass is 10.2. The van der Waals surface area contributed by atoms with Crippen LogP contribution in [0, 0.1) is 6.92 Å². The molecule has 0 spiro atoms. The summed E-state index contributed by atoms with van der Waals surface area (Å²) in [4.78, 5) is 13.1. The Kier molecular flexibility index (Phi) is 5.67. The summed E-state index contributed by atoms with van der Waals surface area (Å²) < 4.78 is 1.99. The highest BCUT2D eigenvalue weighted by Gasteiger charge is 2.15. The highest BCUT2D eigenvalue weighted by Crippen LogP contribution is 2.22. The molecule has 2 heterocycles. The lowest BCUT2D eigenvalue weighted by Gasteiger charge is -2.12. The van der Waals surface area contributed by atoms with Crippen molar-refractivity contribution in [3.8, 4) is 5.69 Å². The molecule has 0 radical (unpaired) electrons. The van der Waals surface area contributed by atoms with E-state index in [1.54, 1.807) is 17.4 Å². The number of aryl methyl sites for hydroxylation is 1. The van der Waals surface area contributed by atoms with Crippen LogP contribution in [0.5, 0.6) is 0 Å². The highest BCUT2D eigenvalue weighted by molar-refractivity contribution is 7.98. The Morgan fingerprint density at radius 2 is 2.12 bits per heavy atom. The van der Waals surface area contributed by atoms with E-state index < -0.39 is 0 Å². The number of para-hydroxylation sites is 1. The van der Waals surface area contributed by atoms with Gasteiger partial charge in [-0.3, -0.25) is 9.36 Å². The predicted octanol–water partition coefficient (Wildman–Crippen LogP) is 3.69. The van der Waals surface area contributed by atoms with Crippen molar-refractivity contribution in [1.82, 2.24) is 20.1 Å². The van der Waals surface area contributed by atoms with Crippen molar-refractivity contribution in [3.63, 3.8) is 0 Å². The summed E-state index contributed by atoms with van der Waals surface area (Å²) in [6.07, 6.45) is 5.31. The number of thiophene rings is 1. The van der Waals surface area contributed by atoms with E-state index in [1.165, 1.54) is 17.8 Å². The minimum absolute atomic E-state index is 0.154. The van der Waals surface area contributed by atoms with Gasteiger partial charge in [0.25, 0.3) is 0 Å². The van der Waals surface area contributed by atoms with E-state index >= 15 is 0 Å². The van der Waals surface area contributed by atoms with Gasteiger partial charge in [-0.25, -0.2) is 0 Å². The van der Waals surface area contributed by atoms with Gasteiger partial charge in [0.05, 0.1) is 12.2 Å². The van der Waals surface area contributed by atoms with Crippen molar-refractivity contribution >= 4 is 35.1 Å². The lowest BCUT2D eigenvalue weighted by Crippen LogP contribution is -2.22. The first-order chi connectivity index (χ1) is 12.2. The molecule has 25 heavy (non-hydrogen) atoms. The molecule has 3 aromatic rings. The van der Waals surface area contributed by atoms with Crippen molar-refractivity contribution in [3.05, 3.63) is 64.1 Å². The average molecular weight is 371 g/mol. The van der Waals surface area contributed by atoms with Crippen LogP contribution in [0.15, 0.2) is 53.0 Å². The number of amides is 1. The molecular weight excluding hydrogens is 352 g/mol. The molecule has 0 aliphatic carbocycles. The lowest BCUT2D eigenvalue weighted by molar-refractivity contribution is -0.116. The molecule has 0 bridgehead atoms. The second-order valence-corrected chi connectivity index (χ2v) is 7.04. The standard InChI is InChI=1S/C18H18N4OS2/c1-13-6-3-4-8-15(13)22-16(20-21-18(22)24-2)12-19-17(23)10-9-14-7-5-11-25-14/h3-11H,12H2,1-2H3,(H,19,23)/b10-9+. The largest absolute Gasteiger partial charge is 0.345 e. The number of nitrogens with zero attached hydrogens (tertiary/aromatic N) is 3. The highest BCUT2D eigenvalue weighted by atomic mass is 32.2. The molecule has 0 fully saturated rings. The minimum Gasteiger partial charge on any atom is -0.345 e. The summed E-state index contributed by atoms with van der Waals surface area (Å²) in [5, 5.41) is 14.1. The first kappa shape index (κ1) is 17.4. The van der Waals surface area contributed by atoms with Crippen LogP contribution in [-0.4, -0.2) is 26.9 Å².